The minimum absolute atomic E-state index is 0.147. The van der Waals surface area contributed by atoms with Crippen molar-refractivity contribution in [3.63, 3.8) is 0 Å². The molecular weight excluding hydrogens is 350 g/mol. The number of aliphatic hydroxyl groups excluding tert-OH is 1. The van der Waals surface area contributed by atoms with Gasteiger partial charge in [-0.3, -0.25) is 14.4 Å². The Morgan fingerprint density at radius 1 is 1.33 bits per heavy atom. The maximum Gasteiger partial charge on any atom is 0.234 e. The topological polar surface area (TPSA) is 108 Å². The Balaban J connectivity index is 1.57. The maximum atomic E-state index is 13.1. The second-order valence-corrected chi connectivity index (χ2v) is 7.07. The lowest BCUT2D eigenvalue weighted by atomic mass is 9.77. The van der Waals surface area contributed by atoms with E-state index in [-0.39, 0.29) is 30.9 Å². The molecule has 3 amide bonds. The van der Waals surface area contributed by atoms with Crippen molar-refractivity contribution in [2.24, 2.45) is 11.8 Å². The third-order valence-electron chi connectivity index (χ3n) is 5.31. The number of anilines is 2. The second kappa shape index (κ2) is 6.47. The molecule has 1 spiro atoms. The zero-order chi connectivity index (χ0) is 19.2. The molecule has 3 N–H and O–H groups in total. The van der Waals surface area contributed by atoms with Crippen LogP contribution in [0.3, 0.4) is 0 Å². The minimum Gasteiger partial charge on any atom is -0.395 e. The van der Waals surface area contributed by atoms with E-state index in [2.05, 4.69) is 10.6 Å². The molecule has 8 nitrogen and oxygen atoms in total. The average Bonchev–Trinajstić information content (AvgIpc) is 3.28. The molecule has 4 rings (SSSR count). The Morgan fingerprint density at radius 2 is 2.07 bits per heavy atom. The highest BCUT2D eigenvalue weighted by atomic mass is 16.5. The highest BCUT2D eigenvalue weighted by Gasteiger charge is 2.66. The van der Waals surface area contributed by atoms with Gasteiger partial charge in [0, 0.05) is 24.8 Å². The third kappa shape index (κ3) is 2.81. The van der Waals surface area contributed by atoms with Crippen molar-refractivity contribution in [1.29, 1.82) is 0 Å². The maximum absolute atomic E-state index is 13.1. The Labute approximate surface area is 156 Å². The summed E-state index contributed by atoms with van der Waals surface area (Å²) in [7, 11) is 0. The summed E-state index contributed by atoms with van der Waals surface area (Å²) >= 11 is 0. The molecular formula is C19H21N3O5. The number of nitrogens with one attached hydrogen (secondary N) is 2. The summed E-state index contributed by atoms with van der Waals surface area (Å²) in [5, 5.41) is 14.3. The number of fused-ring (bicyclic) bond motifs is 1. The predicted octanol–water partition coefficient (Wildman–Crippen LogP) is 0.0399. The van der Waals surface area contributed by atoms with Gasteiger partial charge in [0.1, 0.15) is 5.60 Å². The fourth-order valence-corrected chi connectivity index (χ4v) is 4.24. The number of rotatable bonds is 5. The molecule has 0 aliphatic carbocycles. The number of hydrogen-bond acceptors (Lipinski definition) is 5. The van der Waals surface area contributed by atoms with Crippen molar-refractivity contribution in [1.82, 2.24) is 5.32 Å². The van der Waals surface area contributed by atoms with Crippen LogP contribution in [0.2, 0.25) is 0 Å². The summed E-state index contributed by atoms with van der Waals surface area (Å²) in [5.74, 6) is -1.78. The quantitative estimate of drug-likeness (QED) is 0.634. The van der Waals surface area contributed by atoms with Gasteiger partial charge in [-0.1, -0.05) is 12.2 Å². The van der Waals surface area contributed by atoms with Crippen molar-refractivity contribution in [2.75, 3.05) is 29.9 Å². The highest BCUT2D eigenvalue weighted by Crippen LogP contribution is 2.52. The summed E-state index contributed by atoms with van der Waals surface area (Å²) in [6.45, 7) is 1.76. The molecule has 8 heteroatoms. The van der Waals surface area contributed by atoms with Gasteiger partial charge in [0.05, 0.1) is 31.1 Å². The first-order valence-corrected chi connectivity index (χ1v) is 8.90. The van der Waals surface area contributed by atoms with Gasteiger partial charge in [-0.05, 0) is 24.3 Å². The summed E-state index contributed by atoms with van der Waals surface area (Å²) in [6.07, 6.45) is 3.32. The summed E-state index contributed by atoms with van der Waals surface area (Å²) in [6, 6.07) is 6.99. The van der Waals surface area contributed by atoms with Crippen molar-refractivity contribution in [2.45, 2.75) is 18.6 Å². The summed E-state index contributed by atoms with van der Waals surface area (Å²) in [4.78, 5) is 38.4. The smallest absolute Gasteiger partial charge is 0.234 e. The van der Waals surface area contributed by atoms with Crippen molar-refractivity contribution < 1.29 is 24.2 Å². The lowest BCUT2D eigenvalue weighted by Crippen LogP contribution is -2.44. The molecule has 3 aliphatic rings. The molecule has 1 aromatic rings. The summed E-state index contributed by atoms with van der Waals surface area (Å²) in [5.41, 5.74) is 0.543. The SMILES string of the molecule is CC(=O)Nc1ccc(N2C[C@]34C=C[C@H](O3)C(C(=O)NCCO)C4C2=O)cc1. The van der Waals surface area contributed by atoms with Gasteiger partial charge in [-0.2, -0.15) is 0 Å². The van der Waals surface area contributed by atoms with Crippen molar-refractivity contribution >= 4 is 29.1 Å². The first-order chi connectivity index (χ1) is 12.9. The molecule has 1 aromatic carbocycles. The zero-order valence-corrected chi connectivity index (χ0v) is 14.8. The van der Waals surface area contributed by atoms with Crippen LogP contribution in [0, 0.1) is 11.8 Å². The van der Waals surface area contributed by atoms with Crippen LogP contribution in [0.25, 0.3) is 0 Å². The number of carbonyl (C=O) groups excluding carboxylic acids is 3. The largest absolute Gasteiger partial charge is 0.395 e. The first kappa shape index (κ1) is 17.7. The molecule has 0 aromatic heterocycles. The monoisotopic (exact) mass is 371 g/mol. The van der Waals surface area contributed by atoms with E-state index in [1.54, 1.807) is 29.2 Å². The molecule has 27 heavy (non-hydrogen) atoms. The fourth-order valence-electron chi connectivity index (χ4n) is 4.24. The van der Waals surface area contributed by atoms with E-state index in [1.807, 2.05) is 12.2 Å². The molecule has 142 valence electrons. The lowest BCUT2D eigenvalue weighted by Gasteiger charge is -2.23. The van der Waals surface area contributed by atoms with Crippen molar-refractivity contribution in [3.8, 4) is 0 Å². The lowest BCUT2D eigenvalue weighted by molar-refractivity contribution is -0.132. The van der Waals surface area contributed by atoms with Crippen LogP contribution in [0.1, 0.15) is 6.92 Å². The van der Waals surface area contributed by atoms with Gasteiger partial charge in [0.25, 0.3) is 0 Å². The first-order valence-electron chi connectivity index (χ1n) is 8.90. The molecule has 4 atom stereocenters. The number of aliphatic hydroxyl groups is 1. The molecule has 0 radical (unpaired) electrons. The van der Waals surface area contributed by atoms with Crippen LogP contribution in [0.5, 0.6) is 0 Å². The van der Waals surface area contributed by atoms with E-state index in [1.165, 1.54) is 6.92 Å². The Bertz CT molecular complexity index is 821. The second-order valence-electron chi connectivity index (χ2n) is 7.07. The van der Waals surface area contributed by atoms with E-state index < -0.39 is 23.5 Å². The number of amides is 3. The van der Waals surface area contributed by atoms with Gasteiger partial charge in [0.15, 0.2) is 0 Å². The molecule has 2 fully saturated rings. The standard InChI is InChI=1S/C19H21N3O5/c1-11(24)21-12-2-4-13(5-3-12)22-10-19-7-6-14(27-19)15(16(19)18(22)26)17(25)20-8-9-23/h2-7,14-16,23H,8-10H2,1H3,(H,20,25)(H,21,24)/t14-,15?,16?,19-/m0/s1. The predicted molar refractivity (Wildman–Crippen MR) is 96.9 cm³/mol. The van der Waals surface area contributed by atoms with Gasteiger partial charge < -0.3 is 25.4 Å². The number of nitrogens with zero attached hydrogens (tertiary/aromatic N) is 1. The van der Waals surface area contributed by atoms with Gasteiger partial charge in [0.2, 0.25) is 17.7 Å². The van der Waals surface area contributed by atoms with Crippen LogP contribution in [0.15, 0.2) is 36.4 Å². The van der Waals surface area contributed by atoms with E-state index in [9.17, 15) is 14.4 Å². The molecule has 2 bridgehead atoms. The van der Waals surface area contributed by atoms with E-state index in [4.69, 9.17) is 9.84 Å². The minimum atomic E-state index is -0.792. The molecule has 0 saturated carbocycles. The van der Waals surface area contributed by atoms with E-state index in [0.717, 1.165) is 0 Å². The normalized spacial score (nSPS) is 30.5. The van der Waals surface area contributed by atoms with Gasteiger partial charge in [-0.15, -0.1) is 0 Å². The van der Waals surface area contributed by atoms with Crippen molar-refractivity contribution in [3.05, 3.63) is 36.4 Å². The van der Waals surface area contributed by atoms with Gasteiger partial charge in [-0.25, -0.2) is 0 Å². The van der Waals surface area contributed by atoms with E-state index in [0.29, 0.717) is 17.9 Å². The number of benzene rings is 1. The highest BCUT2D eigenvalue weighted by molar-refractivity contribution is 6.03. The Morgan fingerprint density at radius 3 is 2.74 bits per heavy atom. The third-order valence-corrected chi connectivity index (χ3v) is 5.31. The van der Waals surface area contributed by atoms with Crippen LogP contribution in [-0.4, -0.2) is 54.2 Å². The number of ether oxygens (including phenoxy) is 1. The Kier molecular flexibility index (Phi) is 4.24. The Hall–Kier alpha value is -2.71. The van der Waals surface area contributed by atoms with Crippen LogP contribution >= 0.6 is 0 Å². The summed E-state index contributed by atoms with van der Waals surface area (Å²) < 4.78 is 6.04. The molecule has 3 aliphatic heterocycles. The molecule has 3 heterocycles. The number of hydrogen-bond donors (Lipinski definition) is 3. The van der Waals surface area contributed by atoms with E-state index >= 15 is 0 Å². The van der Waals surface area contributed by atoms with Crippen LogP contribution in [-0.2, 0) is 19.1 Å². The van der Waals surface area contributed by atoms with Crippen LogP contribution < -0.4 is 15.5 Å². The molecule has 2 unspecified atom stereocenters. The van der Waals surface area contributed by atoms with Crippen LogP contribution in [0.4, 0.5) is 11.4 Å². The average molecular weight is 371 g/mol. The zero-order valence-electron chi connectivity index (χ0n) is 14.8. The van der Waals surface area contributed by atoms with Gasteiger partial charge >= 0.3 is 0 Å². The number of carbonyl (C=O) groups is 3. The fraction of sp³-hybridized carbons (Fsp3) is 0.421. The molecule has 2 saturated heterocycles.